The monoisotopic (exact) mass is 711 g/mol. The van der Waals surface area contributed by atoms with Gasteiger partial charge in [0.15, 0.2) is 5.78 Å². The van der Waals surface area contributed by atoms with Crippen LogP contribution in [-0.4, -0.2) is 66.4 Å². The highest BCUT2D eigenvalue weighted by Gasteiger charge is 2.61. The van der Waals surface area contributed by atoms with Crippen LogP contribution in [0.5, 0.6) is 0 Å². The summed E-state index contributed by atoms with van der Waals surface area (Å²) < 4.78 is 7.32. The highest BCUT2D eigenvalue weighted by molar-refractivity contribution is 5.91. The van der Waals surface area contributed by atoms with E-state index in [0.29, 0.717) is 67.8 Å². The first-order chi connectivity index (χ1) is 25.1. The zero-order valence-corrected chi connectivity index (χ0v) is 32.5. The number of hydrogen-bond acceptors (Lipinski definition) is 5. The number of amides is 2. The number of likely N-dealkylation sites (tertiary alicyclic amines) is 1. The molecule has 4 fully saturated rings. The van der Waals surface area contributed by atoms with E-state index < -0.39 is 0 Å². The van der Waals surface area contributed by atoms with Crippen LogP contribution in [0.2, 0.25) is 0 Å². The lowest BCUT2D eigenvalue weighted by atomic mass is 9.56. The number of aryl methyl sites for hydroxylation is 1. The molecule has 1 aromatic rings. The van der Waals surface area contributed by atoms with E-state index in [1.807, 2.05) is 24.3 Å². The number of nitrogens with zero attached hydrogens (tertiary/aromatic N) is 1. The molecular weight excluding hydrogens is 647 g/mol. The minimum absolute atomic E-state index is 0.113. The Morgan fingerprint density at radius 2 is 1.71 bits per heavy atom. The highest BCUT2D eigenvalue weighted by Crippen LogP contribution is 2.65. The minimum Gasteiger partial charge on any atom is -0.365 e. The molecule has 2 aliphatic heterocycles. The van der Waals surface area contributed by atoms with Crippen molar-refractivity contribution in [3.8, 4) is 0 Å². The molecule has 0 bridgehead atoms. The molecule has 52 heavy (non-hydrogen) atoms. The van der Waals surface area contributed by atoms with Crippen molar-refractivity contribution in [2.75, 3.05) is 26.2 Å². The number of unbranched alkanes of at least 4 members (excludes halogenated alkanes) is 3. The molecular formula is C45H65N3O4. The van der Waals surface area contributed by atoms with Crippen molar-refractivity contribution >= 4 is 17.6 Å². The lowest BCUT2D eigenvalue weighted by molar-refractivity contribution is -0.122. The summed E-state index contributed by atoms with van der Waals surface area (Å²) in [5.41, 5.74) is 5.90. The lowest BCUT2D eigenvalue weighted by Crippen LogP contribution is -2.54. The summed E-state index contributed by atoms with van der Waals surface area (Å²) in [6, 6.07) is 10.5. The number of ether oxygens (including phenoxy) is 1. The number of nitrogens with one attached hydrogen (secondary N) is 2. The van der Waals surface area contributed by atoms with Crippen molar-refractivity contribution < 1.29 is 19.1 Å². The van der Waals surface area contributed by atoms with Gasteiger partial charge in [-0.15, -0.1) is 0 Å². The van der Waals surface area contributed by atoms with Crippen LogP contribution in [0.4, 0.5) is 0 Å². The van der Waals surface area contributed by atoms with E-state index in [1.54, 1.807) is 11.1 Å². The Balaban J connectivity index is 0.864. The predicted octanol–water partition coefficient (Wildman–Crippen LogP) is 7.74. The SMILES string of the molecule is CC1=C2C[C@H]3[C@@H](CCC4=CC(=O)CC[C@@]43C)[C@@H]2CC[C@]12O[C@@H]1C[C@H](C)CN(CCNC(=O)CCCCCCNC(=O)CCc3ccccc3)[C@H]1[C@H]2C. The van der Waals surface area contributed by atoms with Crippen molar-refractivity contribution in [1.82, 2.24) is 15.5 Å². The molecule has 2 saturated carbocycles. The molecule has 0 unspecified atom stereocenters. The molecule has 4 aliphatic carbocycles. The molecule has 2 heterocycles. The second kappa shape index (κ2) is 15.9. The first-order valence-electron chi connectivity index (χ1n) is 21.0. The Labute approximate surface area is 313 Å². The molecule has 6 aliphatic rings. The molecule has 284 valence electrons. The second-order valence-electron chi connectivity index (χ2n) is 17.9. The predicted molar refractivity (Wildman–Crippen MR) is 206 cm³/mol. The fourth-order valence-corrected chi connectivity index (χ4v) is 12.0. The van der Waals surface area contributed by atoms with E-state index in [-0.39, 0.29) is 28.9 Å². The van der Waals surface area contributed by atoms with Gasteiger partial charge < -0.3 is 15.4 Å². The van der Waals surface area contributed by atoms with Gasteiger partial charge in [-0.3, -0.25) is 19.3 Å². The fourth-order valence-electron chi connectivity index (χ4n) is 12.0. The van der Waals surface area contributed by atoms with E-state index in [2.05, 4.69) is 55.4 Å². The Morgan fingerprint density at radius 1 is 0.942 bits per heavy atom. The van der Waals surface area contributed by atoms with Crippen LogP contribution in [0.15, 0.2) is 53.1 Å². The smallest absolute Gasteiger partial charge is 0.220 e. The van der Waals surface area contributed by atoms with Crippen LogP contribution in [-0.2, 0) is 25.5 Å². The summed E-state index contributed by atoms with van der Waals surface area (Å²) >= 11 is 0. The molecule has 1 aromatic carbocycles. The summed E-state index contributed by atoms with van der Waals surface area (Å²) in [7, 11) is 0. The number of allylic oxidation sites excluding steroid dienone is 3. The van der Waals surface area contributed by atoms with Crippen LogP contribution < -0.4 is 10.6 Å². The highest BCUT2D eigenvalue weighted by atomic mass is 16.5. The maximum absolute atomic E-state index is 12.8. The van der Waals surface area contributed by atoms with E-state index in [9.17, 15) is 14.4 Å². The van der Waals surface area contributed by atoms with Gasteiger partial charge in [-0.1, -0.05) is 75.1 Å². The third kappa shape index (κ3) is 7.47. The summed E-state index contributed by atoms with van der Waals surface area (Å²) in [6.07, 6.45) is 16.8. The molecule has 2 amide bonds. The van der Waals surface area contributed by atoms with Gasteiger partial charge in [-0.2, -0.15) is 0 Å². The van der Waals surface area contributed by atoms with E-state index in [0.717, 1.165) is 76.8 Å². The number of fused-ring (bicyclic) bond motifs is 6. The Hall–Kier alpha value is -2.77. The molecule has 2 saturated heterocycles. The number of carbonyl (C=O) groups excluding carboxylic acids is 3. The number of carbonyl (C=O) groups is 3. The first kappa shape index (κ1) is 37.5. The Kier molecular flexibility index (Phi) is 11.5. The normalized spacial score (nSPS) is 35.4. The second-order valence-corrected chi connectivity index (χ2v) is 17.9. The molecule has 0 radical (unpaired) electrons. The zero-order valence-electron chi connectivity index (χ0n) is 32.5. The third-order valence-corrected chi connectivity index (χ3v) is 14.8. The minimum atomic E-state index is -0.173. The number of benzene rings is 1. The Morgan fingerprint density at radius 3 is 2.54 bits per heavy atom. The number of rotatable bonds is 13. The number of hydrogen-bond donors (Lipinski definition) is 2. The standard InChI is InChI=1S/C45H65N3O4/c1-30-26-40-43(48(29-30)25-24-47-41(50)14-10-5-6-11-23-46-42(51)18-15-33-12-8-7-9-13-33)32(3)45(52-40)22-20-36-37-17-16-34-27-35(49)19-21-44(34,4)39(37)28-38(36)31(45)2/h7-9,12-13,27,30,32,36-37,39-40,43H,5-6,10-11,14-26,28-29H2,1-4H3,(H,46,51)(H,47,50)/t30-,32+,36-,37-,39-,40+,43-,44-,45-/m0/s1. The summed E-state index contributed by atoms with van der Waals surface area (Å²) in [4.78, 5) is 39.9. The van der Waals surface area contributed by atoms with Crippen LogP contribution in [0.1, 0.15) is 123 Å². The average molecular weight is 712 g/mol. The van der Waals surface area contributed by atoms with Crippen molar-refractivity contribution in [3.05, 3.63) is 58.7 Å². The third-order valence-electron chi connectivity index (χ3n) is 14.8. The number of ketones is 1. The van der Waals surface area contributed by atoms with Gasteiger partial charge in [0.05, 0.1) is 11.7 Å². The molecule has 0 aromatic heterocycles. The lowest BCUT2D eigenvalue weighted by Gasteiger charge is -2.48. The molecule has 7 heteroatoms. The molecule has 1 spiro atoms. The molecule has 2 N–H and O–H groups in total. The summed E-state index contributed by atoms with van der Waals surface area (Å²) in [5, 5.41) is 6.28. The number of piperidine rings is 1. The van der Waals surface area contributed by atoms with Crippen molar-refractivity contribution in [2.24, 2.45) is 35.0 Å². The Bertz CT molecular complexity index is 1540. The van der Waals surface area contributed by atoms with E-state index in [4.69, 9.17) is 4.74 Å². The van der Waals surface area contributed by atoms with Gasteiger partial charge in [0.1, 0.15) is 0 Å². The topological polar surface area (TPSA) is 87.7 Å². The summed E-state index contributed by atoms with van der Waals surface area (Å²) in [6.45, 7) is 13.1. The zero-order chi connectivity index (χ0) is 36.5. The molecule has 9 atom stereocenters. The maximum Gasteiger partial charge on any atom is 0.220 e. The van der Waals surface area contributed by atoms with Crippen LogP contribution in [0.3, 0.4) is 0 Å². The van der Waals surface area contributed by atoms with Crippen LogP contribution in [0, 0.1) is 35.0 Å². The largest absolute Gasteiger partial charge is 0.365 e. The van der Waals surface area contributed by atoms with Gasteiger partial charge in [-0.25, -0.2) is 0 Å². The molecule has 7 rings (SSSR count). The quantitative estimate of drug-likeness (QED) is 0.162. The van der Waals surface area contributed by atoms with Crippen molar-refractivity contribution in [1.29, 1.82) is 0 Å². The van der Waals surface area contributed by atoms with Crippen LogP contribution >= 0.6 is 0 Å². The first-order valence-corrected chi connectivity index (χ1v) is 21.0. The fraction of sp³-hybridized carbons (Fsp3) is 0.711. The summed E-state index contributed by atoms with van der Waals surface area (Å²) in [5.74, 6) is 3.69. The van der Waals surface area contributed by atoms with Gasteiger partial charge in [0, 0.05) is 57.4 Å². The maximum atomic E-state index is 12.8. The van der Waals surface area contributed by atoms with Crippen molar-refractivity contribution in [2.45, 2.75) is 142 Å². The van der Waals surface area contributed by atoms with Crippen molar-refractivity contribution in [3.63, 3.8) is 0 Å². The van der Waals surface area contributed by atoms with Gasteiger partial charge in [0.2, 0.25) is 11.8 Å². The van der Waals surface area contributed by atoms with Gasteiger partial charge in [-0.05, 0) is 117 Å². The van der Waals surface area contributed by atoms with Gasteiger partial charge >= 0.3 is 0 Å². The van der Waals surface area contributed by atoms with Gasteiger partial charge in [0.25, 0.3) is 0 Å². The van der Waals surface area contributed by atoms with E-state index in [1.165, 1.54) is 30.4 Å². The average Bonchev–Trinajstić information content (AvgIpc) is 3.65. The molecule has 7 nitrogen and oxygen atoms in total. The van der Waals surface area contributed by atoms with E-state index >= 15 is 0 Å². The van der Waals surface area contributed by atoms with Crippen LogP contribution in [0.25, 0.3) is 0 Å².